The lowest BCUT2D eigenvalue weighted by Crippen LogP contribution is -2.41. The molecule has 1 aliphatic heterocycles. The van der Waals surface area contributed by atoms with Gasteiger partial charge in [0, 0.05) is 24.2 Å². The second-order valence-electron chi connectivity index (χ2n) is 7.79. The number of aliphatic hydroxyl groups excluding tert-OH is 1. The van der Waals surface area contributed by atoms with Crippen LogP contribution in [0.3, 0.4) is 0 Å². The molecule has 2 heterocycles. The Morgan fingerprint density at radius 1 is 1.22 bits per heavy atom. The van der Waals surface area contributed by atoms with Crippen molar-refractivity contribution in [1.29, 1.82) is 0 Å². The summed E-state index contributed by atoms with van der Waals surface area (Å²) in [4.78, 5) is 11.8. The lowest BCUT2D eigenvalue weighted by atomic mass is 9.80. The topological polar surface area (TPSA) is 61.3 Å². The van der Waals surface area contributed by atoms with Gasteiger partial charge in [-0.05, 0) is 58.5 Å². The highest BCUT2D eigenvalue weighted by molar-refractivity contribution is 5.43. The second-order valence-corrected chi connectivity index (χ2v) is 7.79. The minimum atomic E-state index is -0.138. The molecule has 2 saturated carbocycles. The van der Waals surface area contributed by atoms with Crippen molar-refractivity contribution >= 4 is 5.82 Å². The molecule has 0 unspecified atom stereocenters. The first kappa shape index (κ1) is 15.3. The molecule has 2 N–H and O–H groups in total. The van der Waals surface area contributed by atoms with Crippen LogP contribution in [0.1, 0.15) is 62.4 Å². The minimum Gasteiger partial charge on any atom is -0.393 e. The van der Waals surface area contributed by atoms with Crippen LogP contribution >= 0.6 is 0 Å². The van der Waals surface area contributed by atoms with Gasteiger partial charge in [0.2, 0.25) is 0 Å². The lowest BCUT2D eigenvalue weighted by Gasteiger charge is -2.32. The van der Waals surface area contributed by atoms with E-state index < -0.39 is 0 Å². The largest absolute Gasteiger partial charge is 0.393 e. The molecule has 23 heavy (non-hydrogen) atoms. The van der Waals surface area contributed by atoms with E-state index in [-0.39, 0.29) is 11.6 Å². The molecule has 0 atom stereocenters. The monoisotopic (exact) mass is 316 g/mol. The average molecular weight is 316 g/mol. The van der Waals surface area contributed by atoms with E-state index in [2.05, 4.69) is 26.3 Å². The van der Waals surface area contributed by atoms with Gasteiger partial charge in [0.1, 0.15) is 11.6 Å². The summed E-state index contributed by atoms with van der Waals surface area (Å²) in [6.07, 6.45) is 8.10. The Kier molecular flexibility index (Phi) is 4.01. The zero-order valence-corrected chi connectivity index (χ0v) is 14.1. The predicted octanol–water partition coefficient (Wildman–Crippen LogP) is 2.45. The van der Waals surface area contributed by atoms with Crippen molar-refractivity contribution < 1.29 is 5.11 Å². The molecule has 3 aliphatic rings. The normalized spacial score (nSPS) is 29.8. The number of piperidine rings is 1. The van der Waals surface area contributed by atoms with Gasteiger partial charge in [0.05, 0.1) is 11.6 Å². The van der Waals surface area contributed by atoms with E-state index in [1.165, 1.54) is 45.2 Å². The van der Waals surface area contributed by atoms with E-state index in [1.807, 2.05) is 6.92 Å². The van der Waals surface area contributed by atoms with Crippen molar-refractivity contribution in [2.24, 2.45) is 0 Å². The summed E-state index contributed by atoms with van der Waals surface area (Å²) < 4.78 is 0. The van der Waals surface area contributed by atoms with Crippen LogP contribution in [0.5, 0.6) is 0 Å². The molecular formula is C18H28N4O. The van der Waals surface area contributed by atoms with Gasteiger partial charge in [-0.3, -0.25) is 0 Å². The zero-order chi connectivity index (χ0) is 15.9. The number of likely N-dealkylation sites (tertiary alicyclic amines) is 1. The number of aromatic nitrogens is 2. The van der Waals surface area contributed by atoms with E-state index in [1.54, 1.807) is 0 Å². The average Bonchev–Trinajstić information content (AvgIpc) is 3.23. The molecule has 0 spiro atoms. The first-order valence-electron chi connectivity index (χ1n) is 9.16. The van der Waals surface area contributed by atoms with Crippen LogP contribution < -0.4 is 5.32 Å². The number of aryl methyl sites for hydroxylation is 1. The molecule has 4 rings (SSSR count). The molecule has 1 saturated heterocycles. The fourth-order valence-electron chi connectivity index (χ4n) is 3.98. The summed E-state index contributed by atoms with van der Waals surface area (Å²) in [7, 11) is 0. The Morgan fingerprint density at radius 3 is 2.61 bits per heavy atom. The fraction of sp³-hybridized carbons (Fsp3) is 0.778. The Hall–Kier alpha value is -1.20. The molecule has 5 nitrogen and oxygen atoms in total. The van der Waals surface area contributed by atoms with Crippen LogP contribution in [0.15, 0.2) is 6.07 Å². The van der Waals surface area contributed by atoms with Crippen molar-refractivity contribution in [3.63, 3.8) is 0 Å². The number of anilines is 1. The molecule has 1 aromatic heterocycles. The SMILES string of the molecule is Cc1nc(NC2(CN3CCCCC3)CC2)cc(C2CC(O)C2)n1. The molecule has 0 bridgehead atoms. The molecule has 126 valence electrons. The van der Waals surface area contributed by atoms with Gasteiger partial charge in [0.15, 0.2) is 0 Å². The maximum atomic E-state index is 9.53. The summed E-state index contributed by atoms with van der Waals surface area (Å²) in [5, 5.41) is 13.2. The Bertz CT molecular complexity index is 560. The Morgan fingerprint density at radius 2 is 1.96 bits per heavy atom. The van der Waals surface area contributed by atoms with E-state index in [0.29, 0.717) is 5.92 Å². The van der Waals surface area contributed by atoms with Crippen LogP contribution in [-0.4, -0.2) is 51.3 Å². The summed E-state index contributed by atoms with van der Waals surface area (Å²) in [6.45, 7) is 5.61. The molecule has 1 aromatic rings. The molecule has 5 heteroatoms. The van der Waals surface area contributed by atoms with E-state index in [4.69, 9.17) is 0 Å². The van der Waals surface area contributed by atoms with Gasteiger partial charge in [0.25, 0.3) is 0 Å². The molecular weight excluding hydrogens is 288 g/mol. The smallest absolute Gasteiger partial charge is 0.130 e. The van der Waals surface area contributed by atoms with E-state index in [0.717, 1.165) is 36.7 Å². The van der Waals surface area contributed by atoms with Crippen LogP contribution in [0.4, 0.5) is 5.82 Å². The number of aliphatic hydroxyl groups is 1. The molecule has 3 fully saturated rings. The van der Waals surface area contributed by atoms with Crippen molar-refractivity contribution in [3.8, 4) is 0 Å². The van der Waals surface area contributed by atoms with Crippen molar-refractivity contribution in [1.82, 2.24) is 14.9 Å². The van der Waals surface area contributed by atoms with Crippen LogP contribution in [0.25, 0.3) is 0 Å². The van der Waals surface area contributed by atoms with Crippen molar-refractivity contribution in [2.75, 3.05) is 25.0 Å². The minimum absolute atomic E-state index is 0.138. The summed E-state index contributed by atoms with van der Waals surface area (Å²) in [6, 6.07) is 2.11. The molecule has 0 amide bonds. The van der Waals surface area contributed by atoms with Crippen LogP contribution in [-0.2, 0) is 0 Å². The molecule has 0 radical (unpaired) electrons. The first-order chi connectivity index (χ1) is 11.1. The standard InChI is InChI=1S/C18H28N4O/c1-13-19-16(14-9-15(23)10-14)11-17(20-13)21-18(5-6-18)12-22-7-3-2-4-8-22/h11,14-15,23H,2-10,12H2,1H3,(H,19,20,21). The van der Waals surface area contributed by atoms with Gasteiger partial charge in [-0.1, -0.05) is 6.42 Å². The van der Waals surface area contributed by atoms with Crippen LogP contribution in [0.2, 0.25) is 0 Å². The Labute approximate surface area is 138 Å². The first-order valence-corrected chi connectivity index (χ1v) is 9.16. The maximum Gasteiger partial charge on any atom is 0.130 e. The molecule has 0 aromatic carbocycles. The zero-order valence-electron chi connectivity index (χ0n) is 14.1. The van der Waals surface area contributed by atoms with Crippen molar-refractivity contribution in [2.45, 2.75) is 69.4 Å². The number of rotatable bonds is 5. The summed E-state index contributed by atoms with van der Waals surface area (Å²) in [5.74, 6) is 2.22. The highest BCUT2D eigenvalue weighted by Crippen LogP contribution is 2.41. The Balaban J connectivity index is 1.43. The highest BCUT2D eigenvalue weighted by atomic mass is 16.3. The number of hydrogen-bond acceptors (Lipinski definition) is 5. The predicted molar refractivity (Wildman–Crippen MR) is 90.6 cm³/mol. The third kappa shape index (κ3) is 3.50. The second kappa shape index (κ2) is 6.02. The quantitative estimate of drug-likeness (QED) is 0.874. The fourth-order valence-corrected chi connectivity index (χ4v) is 3.98. The van der Waals surface area contributed by atoms with Gasteiger partial charge in [-0.25, -0.2) is 9.97 Å². The van der Waals surface area contributed by atoms with Crippen molar-refractivity contribution in [3.05, 3.63) is 17.6 Å². The number of nitrogens with zero attached hydrogens (tertiary/aromatic N) is 3. The van der Waals surface area contributed by atoms with Gasteiger partial charge >= 0.3 is 0 Å². The lowest BCUT2D eigenvalue weighted by molar-refractivity contribution is 0.0731. The van der Waals surface area contributed by atoms with Gasteiger partial charge in [-0.2, -0.15) is 0 Å². The van der Waals surface area contributed by atoms with E-state index in [9.17, 15) is 5.11 Å². The van der Waals surface area contributed by atoms with Gasteiger partial charge < -0.3 is 15.3 Å². The highest BCUT2D eigenvalue weighted by Gasteiger charge is 2.44. The third-order valence-corrected chi connectivity index (χ3v) is 5.61. The molecule has 2 aliphatic carbocycles. The van der Waals surface area contributed by atoms with Crippen LogP contribution in [0, 0.1) is 6.92 Å². The maximum absolute atomic E-state index is 9.53. The van der Waals surface area contributed by atoms with Gasteiger partial charge in [-0.15, -0.1) is 0 Å². The van der Waals surface area contributed by atoms with E-state index >= 15 is 0 Å². The number of nitrogens with one attached hydrogen (secondary N) is 1. The summed E-state index contributed by atoms with van der Waals surface area (Å²) in [5.41, 5.74) is 1.33. The number of hydrogen-bond donors (Lipinski definition) is 2. The summed E-state index contributed by atoms with van der Waals surface area (Å²) >= 11 is 0. The third-order valence-electron chi connectivity index (χ3n) is 5.61.